The van der Waals surface area contributed by atoms with Gasteiger partial charge in [-0.1, -0.05) is 0 Å². The summed E-state index contributed by atoms with van der Waals surface area (Å²) in [6.45, 7) is 6.09. The summed E-state index contributed by atoms with van der Waals surface area (Å²) >= 11 is 0. The van der Waals surface area contributed by atoms with Crippen molar-refractivity contribution >= 4 is 31.6 Å². The molecule has 3 rings (SSSR count). The Hall–Kier alpha value is -1.57. The standard InChI is InChI=1S/C19H30N4O6S2/c1-15-12-23(13-16(2)29-15)31(27,28)22-10-8-21(9-11-22)14-19(24)20-17-4-6-18(7-5-17)30(3,25)26/h4-7,15-16H,8-14H2,1-3H3,(H,20,24). The van der Waals surface area contributed by atoms with E-state index in [1.54, 1.807) is 12.1 Å². The lowest BCUT2D eigenvalue weighted by atomic mass is 10.3. The zero-order valence-corrected chi connectivity index (χ0v) is 19.7. The highest BCUT2D eigenvalue weighted by Crippen LogP contribution is 2.19. The summed E-state index contributed by atoms with van der Waals surface area (Å²) in [6.07, 6.45) is 0.839. The number of rotatable bonds is 6. The molecular formula is C19H30N4O6S2. The van der Waals surface area contributed by atoms with E-state index in [-0.39, 0.29) is 29.6 Å². The highest BCUT2D eigenvalue weighted by molar-refractivity contribution is 7.90. The molecule has 2 aliphatic rings. The van der Waals surface area contributed by atoms with Gasteiger partial charge in [0.2, 0.25) is 5.91 Å². The van der Waals surface area contributed by atoms with Crippen molar-refractivity contribution in [3.8, 4) is 0 Å². The second-order valence-electron chi connectivity index (χ2n) is 8.10. The number of nitrogens with one attached hydrogen (secondary N) is 1. The molecule has 0 saturated carbocycles. The molecule has 2 unspecified atom stereocenters. The van der Waals surface area contributed by atoms with E-state index in [1.807, 2.05) is 18.7 Å². The van der Waals surface area contributed by atoms with Crippen LogP contribution >= 0.6 is 0 Å². The monoisotopic (exact) mass is 474 g/mol. The van der Waals surface area contributed by atoms with Crippen LogP contribution in [0.5, 0.6) is 0 Å². The number of anilines is 1. The predicted molar refractivity (Wildman–Crippen MR) is 117 cm³/mol. The van der Waals surface area contributed by atoms with Gasteiger partial charge in [-0.05, 0) is 38.1 Å². The molecule has 0 radical (unpaired) electrons. The average molecular weight is 475 g/mol. The topological polar surface area (TPSA) is 116 Å². The van der Waals surface area contributed by atoms with Gasteiger partial charge in [0.05, 0.1) is 23.6 Å². The Morgan fingerprint density at radius 1 is 0.968 bits per heavy atom. The van der Waals surface area contributed by atoms with E-state index in [1.165, 1.54) is 20.7 Å². The van der Waals surface area contributed by atoms with Crippen molar-refractivity contribution in [2.75, 3.05) is 57.4 Å². The summed E-state index contributed by atoms with van der Waals surface area (Å²) < 4.78 is 57.5. The third-order valence-corrected chi connectivity index (χ3v) is 8.40. The highest BCUT2D eigenvalue weighted by Gasteiger charge is 2.36. The van der Waals surface area contributed by atoms with Gasteiger partial charge in [-0.2, -0.15) is 17.0 Å². The highest BCUT2D eigenvalue weighted by atomic mass is 32.2. The largest absolute Gasteiger partial charge is 0.373 e. The van der Waals surface area contributed by atoms with Gasteiger partial charge in [0, 0.05) is 51.2 Å². The Kier molecular flexibility index (Phi) is 7.39. The summed E-state index contributed by atoms with van der Waals surface area (Å²) in [5.74, 6) is -0.237. The first-order valence-corrected chi connectivity index (χ1v) is 13.5. The van der Waals surface area contributed by atoms with Crippen LogP contribution < -0.4 is 5.32 Å². The molecule has 2 atom stereocenters. The summed E-state index contributed by atoms with van der Waals surface area (Å²) in [7, 11) is -6.84. The normalized spacial score (nSPS) is 24.7. The van der Waals surface area contributed by atoms with Crippen LogP contribution in [0.15, 0.2) is 29.2 Å². The smallest absolute Gasteiger partial charge is 0.282 e. The summed E-state index contributed by atoms with van der Waals surface area (Å²) in [5.41, 5.74) is 0.508. The first-order chi connectivity index (χ1) is 14.4. The first-order valence-electron chi connectivity index (χ1n) is 10.2. The average Bonchev–Trinajstić information content (AvgIpc) is 2.67. The third kappa shape index (κ3) is 6.24. The maximum absolute atomic E-state index is 13.0. The van der Waals surface area contributed by atoms with Crippen molar-refractivity contribution in [3.05, 3.63) is 24.3 Å². The maximum atomic E-state index is 13.0. The molecule has 12 heteroatoms. The van der Waals surface area contributed by atoms with Gasteiger partial charge in [-0.3, -0.25) is 9.69 Å². The zero-order valence-electron chi connectivity index (χ0n) is 18.0. The summed E-state index contributed by atoms with van der Waals surface area (Å²) in [5, 5.41) is 2.74. The molecule has 2 aliphatic heterocycles. The fraction of sp³-hybridized carbons (Fsp3) is 0.632. The van der Waals surface area contributed by atoms with E-state index in [4.69, 9.17) is 4.74 Å². The van der Waals surface area contributed by atoms with Gasteiger partial charge in [0.15, 0.2) is 9.84 Å². The Morgan fingerprint density at radius 3 is 2.03 bits per heavy atom. The van der Waals surface area contributed by atoms with Crippen LogP contribution in [0.4, 0.5) is 5.69 Å². The quantitative estimate of drug-likeness (QED) is 0.617. The Labute approximate surface area is 184 Å². The number of amides is 1. The molecule has 1 aromatic rings. The number of benzene rings is 1. The van der Waals surface area contributed by atoms with E-state index in [2.05, 4.69) is 5.32 Å². The molecule has 1 amide bonds. The van der Waals surface area contributed by atoms with E-state index in [0.717, 1.165) is 6.26 Å². The number of piperazine rings is 1. The van der Waals surface area contributed by atoms with Crippen LogP contribution in [0.25, 0.3) is 0 Å². The van der Waals surface area contributed by atoms with Gasteiger partial charge >= 0.3 is 0 Å². The van der Waals surface area contributed by atoms with Crippen LogP contribution in [-0.4, -0.2) is 101 Å². The fourth-order valence-electron chi connectivity index (χ4n) is 3.79. The number of ether oxygens (including phenoxy) is 1. The van der Waals surface area contributed by atoms with Crippen molar-refractivity contribution in [1.29, 1.82) is 0 Å². The fourth-order valence-corrected chi connectivity index (χ4v) is 6.17. The van der Waals surface area contributed by atoms with E-state index < -0.39 is 20.0 Å². The lowest BCUT2D eigenvalue weighted by Gasteiger charge is -2.40. The molecule has 0 aromatic heterocycles. The molecule has 0 aliphatic carbocycles. The first kappa shape index (κ1) is 24.1. The molecule has 1 N–H and O–H groups in total. The number of hydrogen-bond donors (Lipinski definition) is 1. The van der Waals surface area contributed by atoms with Crippen LogP contribution in [0.3, 0.4) is 0 Å². The SMILES string of the molecule is CC1CN(S(=O)(=O)N2CCN(CC(=O)Nc3ccc(S(C)(=O)=O)cc3)CC2)CC(C)O1. The second kappa shape index (κ2) is 9.51. The van der Waals surface area contributed by atoms with E-state index in [0.29, 0.717) is 45.0 Å². The van der Waals surface area contributed by atoms with Gasteiger partial charge in [-0.15, -0.1) is 0 Å². The number of carbonyl (C=O) groups excluding carboxylic acids is 1. The molecular weight excluding hydrogens is 444 g/mol. The molecule has 2 saturated heterocycles. The van der Waals surface area contributed by atoms with Crippen LogP contribution in [0.1, 0.15) is 13.8 Å². The Bertz CT molecular complexity index is 979. The van der Waals surface area contributed by atoms with Crippen LogP contribution in [0.2, 0.25) is 0 Å². The number of nitrogens with zero attached hydrogens (tertiary/aromatic N) is 3. The van der Waals surface area contributed by atoms with Crippen molar-refractivity contribution in [2.45, 2.75) is 31.0 Å². The molecule has 1 aromatic carbocycles. The van der Waals surface area contributed by atoms with Crippen molar-refractivity contribution in [2.24, 2.45) is 0 Å². The number of carbonyl (C=O) groups is 1. The number of morpholine rings is 1. The molecule has 0 bridgehead atoms. The molecule has 10 nitrogen and oxygen atoms in total. The molecule has 2 heterocycles. The predicted octanol–water partition coefficient (Wildman–Crippen LogP) is 0.000200. The van der Waals surface area contributed by atoms with Crippen LogP contribution in [0, 0.1) is 0 Å². The van der Waals surface area contributed by atoms with Crippen molar-refractivity contribution < 1.29 is 26.4 Å². The summed E-state index contributed by atoms with van der Waals surface area (Å²) in [4.78, 5) is 14.4. The number of hydrogen-bond acceptors (Lipinski definition) is 7. The minimum atomic E-state index is -3.56. The second-order valence-corrected chi connectivity index (χ2v) is 12.0. The summed E-state index contributed by atoms with van der Waals surface area (Å²) in [6, 6.07) is 5.98. The number of sulfone groups is 1. The third-order valence-electron chi connectivity index (χ3n) is 5.30. The Balaban J connectivity index is 1.50. The molecule has 31 heavy (non-hydrogen) atoms. The zero-order chi connectivity index (χ0) is 22.8. The molecule has 2 fully saturated rings. The van der Waals surface area contributed by atoms with Crippen molar-refractivity contribution in [1.82, 2.24) is 13.5 Å². The maximum Gasteiger partial charge on any atom is 0.282 e. The molecule has 174 valence electrons. The van der Waals surface area contributed by atoms with Gasteiger partial charge in [-0.25, -0.2) is 8.42 Å². The van der Waals surface area contributed by atoms with Crippen LogP contribution in [-0.2, 0) is 29.6 Å². The van der Waals surface area contributed by atoms with Gasteiger partial charge < -0.3 is 10.1 Å². The van der Waals surface area contributed by atoms with Gasteiger partial charge in [0.25, 0.3) is 10.2 Å². The van der Waals surface area contributed by atoms with Crippen molar-refractivity contribution in [3.63, 3.8) is 0 Å². The minimum absolute atomic E-state index is 0.132. The lowest BCUT2D eigenvalue weighted by Crippen LogP contribution is -2.57. The lowest BCUT2D eigenvalue weighted by molar-refractivity contribution is -0.117. The molecule has 0 spiro atoms. The minimum Gasteiger partial charge on any atom is -0.373 e. The Morgan fingerprint density at radius 2 is 1.52 bits per heavy atom. The van der Waals surface area contributed by atoms with E-state index in [9.17, 15) is 21.6 Å². The van der Waals surface area contributed by atoms with Gasteiger partial charge in [0.1, 0.15) is 0 Å². The van der Waals surface area contributed by atoms with E-state index >= 15 is 0 Å².